The number of halogens is 3. The second-order valence-electron chi connectivity index (χ2n) is 6.77. The molecule has 0 aromatic heterocycles. The smallest absolute Gasteiger partial charge is 0.369 e. The SMILES string of the molecule is C[C@@H](c1cccc2ccccc12)C(Cc1cccc(C(F)(F)F)c1)C(N)=O. The van der Waals surface area contributed by atoms with Gasteiger partial charge < -0.3 is 5.73 Å². The van der Waals surface area contributed by atoms with Gasteiger partial charge in [-0.3, -0.25) is 4.79 Å². The molecule has 27 heavy (non-hydrogen) atoms. The molecule has 2 nitrogen and oxygen atoms in total. The monoisotopic (exact) mass is 371 g/mol. The molecule has 0 spiro atoms. The Morgan fingerprint density at radius 2 is 1.67 bits per heavy atom. The molecule has 3 aromatic carbocycles. The van der Waals surface area contributed by atoms with Gasteiger partial charge in [0.1, 0.15) is 0 Å². The van der Waals surface area contributed by atoms with E-state index in [9.17, 15) is 18.0 Å². The highest BCUT2D eigenvalue weighted by Crippen LogP contribution is 2.34. The average Bonchev–Trinajstić information content (AvgIpc) is 2.64. The molecule has 3 aromatic rings. The second-order valence-corrected chi connectivity index (χ2v) is 6.77. The van der Waals surface area contributed by atoms with E-state index in [0.717, 1.165) is 28.5 Å². The third-order valence-electron chi connectivity index (χ3n) is 4.99. The highest BCUT2D eigenvalue weighted by Gasteiger charge is 2.31. The maximum absolute atomic E-state index is 13.0. The Morgan fingerprint density at radius 3 is 2.37 bits per heavy atom. The van der Waals surface area contributed by atoms with E-state index in [1.54, 1.807) is 6.07 Å². The largest absolute Gasteiger partial charge is 0.416 e. The zero-order valence-electron chi connectivity index (χ0n) is 14.8. The molecule has 0 heterocycles. The zero-order chi connectivity index (χ0) is 19.6. The Morgan fingerprint density at radius 1 is 1.00 bits per heavy atom. The molecule has 0 aliphatic rings. The van der Waals surface area contributed by atoms with Gasteiger partial charge in [-0.25, -0.2) is 0 Å². The van der Waals surface area contributed by atoms with Crippen molar-refractivity contribution in [1.82, 2.24) is 0 Å². The molecular formula is C22H20F3NO. The lowest BCUT2D eigenvalue weighted by Crippen LogP contribution is -2.29. The number of benzene rings is 3. The number of carbonyl (C=O) groups is 1. The van der Waals surface area contributed by atoms with Crippen LogP contribution in [0.2, 0.25) is 0 Å². The van der Waals surface area contributed by atoms with Crippen LogP contribution >= 0.6 is 0 Å². The van der Waals surface area contributed by atoms with Crippen molar-refractivity contribution in [1.29, 1.82) is 0 Å². The number of hydrogen-bond acceptors (Lipinski definition) is 1. The summed E-state index contributed by atoms with van der Waals surface area (Å²) in [5.74, 6) is -1.37. The predicted molar refractivity (Wildman–Crippen MR) is 100 cm³/mol. The number of alkyl halides is 3. The van der Waals surface area contributed by atoms with Gasteiger partial charge in [-0.2, -0.15) is 13.2 Å². The molecule has 2 atom stereocenters. The molecule has 0 radical (unpaired) electrons. The Balaban J connectivity index is 1.95. The van der Waals surface area contributed by atoms with E-state index in [1.807, 2.05) is 49.4 Å². The van der Waals surface area contributed by atoms with Crippen LogP contribution in [0, 0.1) is 5.92 Å². The van der Waals surface area contributed by atoms with Crippen LogP contribution in [0.25, 0.3) is 10.8 Å². The summed E-state index contributed by atoms with van der Waals surface area (Å²) < 4.78 is 38.9. The minimum absolute atomic E-state index is 0.156. The van der Waals surface area contributed by atoms with Gasteiger partial charge in [0.2, 0.25) is 5.91 Å². The van der Waals surface area contributed by atoms with E-state index in [-0.39, 0.29) is 12.3 Å². The number of hydrogen-bond donors (Lipinski definition) is 1. The molecule has 0 bridgehead atoms. The van der Waals surface area contributed by atoms with Crippen LogP contribution in [0.15, 0.2) is 66.7 Å². The number of rotatable bonds is 5. The van der Waals surface area contributed by atoms with Crippen molar-refractivity contribution in [3.05, 3.63) is 83.4 Å². The molecule has 0 saturated heterocycles. The first-order chi connectivity index (χ1) is 12.8. The molecule has 0 aliphatic heterocycles. The second kappa shape index (κ2) is 7.43. The van der Waals surface area contributed by atoms with Crippen LogP contribution in [-0.2, 0) is 17.4 Å². The number of amides is 1. The number of primary amides is 1. The summed E-state index contributed by atoms with van der Waals surface area (Å²) >= 11 is 0. The van der Waals surface area contributed by atoms with Crippen molar-refractivity contribution in [2.75, 3.05) is 0 Å². The Labute approximate surface area is 155 Å². The van der Waals surface area contributed by atoms with E-state index < -0.39 is 23.6 Å². The van der Waals surface area contributed by atoms with E-state index in [1.165, 1.54) is 6.07 Å². The average molecular weight is 371 g/mol. The van der Waals surface area contributed by atoms with Crippen molar-refractivity contribution >= 4 is 16.7 Å². The first-order valence-electron chi connectivity index (χ1n) is 8.70. The lowest BCUT2D eigenvalue weighted by molar-refractivity contribution is -0.137. The lowest BCUT2D eigenvalue weighted by atomic mass is 9.81. The van der Waals surface area contributed by atoms with Crippen LogP contribution < -0.4 is 5.73 Å². The fourth-order valence-electron chi connectivity index (χ4n) is 3.52. The highest BCUT2D eigenvalue weighted by atomic mass is 19.4. The zero-order valence-corrected chi connectivity index (χ0v) is 14.8. The van der Waals surface area contributed by atoms with Gasteiger partial charge in [0.25, 0.3) is 0 Å². The van der Waals surface area contributed by atoms with Gasteiger partial charge in [-0.15, -0.1) is 0 Å². The molecule has 140 valence electrons. The van der Waals surface area contributed by atoms with Crippen molar-refractivity contribution in [2.24, 2.45) is 11.7 Å². The standard InChI is InChI=1S/C22H20F3NO/c1-14(18-11-5-8-16-7-2-3-10-19(16)18)20(21(26)27)13-15-6-4-9-17(12-15)22(23,24)25/h2-12,14,20H,13H2,1H3,(H2,26,27)/t14-,20?/m0/s1. The van der Waals surface area contributed by atoms with E-state index in [0.29, 0.717) is 5.56 Å². The number of nitrogens with two attached hydrogens (primary N) is 1. The molecule has 3 rings (SSSR count). The van der Waals surface area contributed by atoms with Gasteiger partial charge in [-0.05, 0) is 40.3 Å². The van der Waals surface area contributed by atoms with Crippen molar-refractivity contribution in [2.45, 2.75) is 25.4 Å². The van der Waals surface area contributed by atoms with Gasteiger partial charge in [0, 0.05) is 5.92 Å². The Kier molecular flexibility index (Phi) is 5.22. The van der Waals surface area contributed by atoms with E-state index in [2.05, 4.69) is 0 Å². The first kappa shape index (κ1) is 19.0. The summed E-state index contributed by atoms with van der Waals surface area (Å²) in [6, 6.07) is 18.7. The van der Waals surface area contributed by atoms with Gasteiger partial charge in [0.05, 0.1) is 5.56 Å². The van der Waals surface area contributed by atoms with Gasteiger partial charge >= 0.3 is 6.18 Å². The molecule has 1 amide bonds. The summed E-state index contributed by atoms with van der Waals surface area (Å²) in [6.07, 6.45) is -4.26. The minimum Gasteiger partial charge on any atom is -0.369 e. The van der Waals surface area contributed by atoms with Gasteiger partial charge in [-0.1, -0.05) is 67.6 Å². The quantitative estimate of drug-likeness (QED) is 0.649. The normalized spacial score (nSPS) is 14.1. The summed E-state index contributed by atoms with van der Waals surface area (Å²) in [4.78, 5) is 12.1. The molecule has 0 fully saturated rings. The molecule has 0 saturated carbocycles. The van der Waals surface area contributed by atoms with Crippen LogP contribution in [0.3, 0.4) is 0 Å². The maximum Gasteiger partial charge on any atom is 0.416 e. The highest BCUT2D eigenvalue weighted by molar-refractivity contribution is 5.87. The maximum atomic E-state index is 13.0. The van der Waals surface area contributed by atoms with Crippen LogP contribution in [-0.4, -0.2) is 5.91 Å². The first-order valence-corrected chi connectivity index (χ1v) is 8.70. The lowest BCUT2D eigenvalue weighted by Gasteiger charge is -2.23. The molecule has 1 unspecified atom stereocenters. The van der Waals surface area contributed by atoms with Crippen molar-refractivity contribution in [3.8, 4) is 0 Å². The Hall–Kier alpha value is -2.82. The van der Waals surface area contributed by atoms with Gasteiger partial charge in [0.15, 0.2) is 0 Å². The topological polar surface area (TPSA) is 43.1 Å². The fraction of sp³-hybridized carbons (Fsp3) is 0.227. The summed E-state index contributed by atoms with van der Waals surface area (Å²) in [5, 5.41) is 2.06. The third-order valence-corrected chi connectivity index (χ3v) is 4.99. The predicted octanol–water partition coefficient (Wildman–Crippen LogP) is 5.31. The number of carbonyl (C=O) groups excluding carboxylic acids is 1. The van der Waals surface area contributed by atoms with Crippen molar-refractivity contribution < 1.29 is 18.0 Å². The molecule has 5 heteroatoms. The summed E-state index contributed by atoms with van der Waals surface area (Å²) in [5.41, 5.74) is 6.32. The third kappa shape index (κ3) is 4.13. The Bertz CT molecular complexity index is 960. The fourth-order valence-corrected chi connectivity index (χ4v) is 3.52. The van der Waals surface area contributed by atoms with Crippen LogP contribution in [0.4, 0.5) is 13.2 Å². The molecule has 0 aliphatic carbocycles. The van der Waals surface area contributed by atoms with Crippen molar-refractivity contribution in [3.63, 3.8) is 0 Å². The summed E-state index contributed by atoms with van der Waals surface area (Å²) in [7, 11) is 0. The van der Waals surface area contributed by atoms with E-state index >= 15 is 0 Å². The molecule has 2 N–H and O–H groups in total. The summed E-state index contributed by atoms with van der Waals surface area (Å²) in [6.45, 7) is 1.89. The minimum atomic E-state index is -4.42. The van der Waals surface area contributed by atoms with E-state index in [4.69, 9.17) is 5.73 Å². The molecular weight excluding hydrogens is 351 g/mol. The van der Waals surface area contributed by atoms with Crippen LogP contribution in [0.5, 0.6) is 0 Å². The number of fused-ring (bicyclic) bond motifs is 1. The van der Waals surface area contributed by atoms with Crippen LogP contribution in [0.1, 0.15) is 29.5 Å².